The summed E-state index contributed by atoms with van der Waals surface area (Å²) >= 11 is 0. The van der Waals surface area contributed by atoms with Crippen LogP contribution in [0.4, 0.5) is 22.5 Å². The Kier molecular flexibility index (Phi) is 28.2. The lowest BCUT2D eigenvalue weighted by atomic mass is 9.80. The fourth-order valence-electron chi connectivity index (χ4n) is 13.6. The lowest BCUT2D eigenvalue weighted by Crippen LogP contribution is -2.61. The molecular weight excluding hydrogens is 1220 g/mol. The number of nitrogen functional groups attached to an aromatic ring is 1. The average Bonchev–Trinajstić information content (AvgIpc) is 0.788. The lowest BCUT2D eigenvalue weighted by Gasteiger charge is -2.43. The smallest absolute Gasteiger partial charge is 0.407 e. The van der Waals surface area contributed by atoms with Crippen molar-refractivity contribution in [2.75, 3.05) is 90.3 Å². The Balaban J connectivity index is 1.03. The third-order valence-corrected chi connectivity index (χ3v) is 19.7. The summed E-state index contributed by atoms with van der Waals surface area (Å²) in [5.74, 6) is -6.57. The molecule has 0 unspecified atom stereocenters. The quantitative estimate of drug-likeness (QED) is 0.0843. The summed E-state index contributed by atoms with van der Waals surface area (Å²) < 4.78 is 42.3. The Morgan fingerprint density at radius 3 is 2.14 bits per heavy atom. The number of amides is 3. The first-order chi connectivity index (χ1) is 45.3. The Bertz CT molecular complexity index is 3030. The second kappa shape index (κ2) is 35.5. The Hall–Kier alpha value is -6.78. The number of hydrogen-bond donors (Lipinski definition) is 5. The predicted molar refractivity (Wildman–Crippen MR) is 356 cm³/mol. The van der Waals surface area contributed by atoms with Gasteiger partial charge in [-0.15, -0.1) is 0 Å². The number of allylic oxidation sites excluding steroid dienone is 5. The molecule has 1 aliphatic carbocycles. The van der Waals surface area contributed by atoms with Crippen molar-refractivity contribution < 1.29 is 72.1 Å². The van der Waals surface area contributed by atoms with E-state index in [1.54, 1.807) is 52.4 Å². The van der Waals surface area contributed by atoms with Crippen LogP contribution in [-0.4, -0.2) is 217 Å². The number of methoxy groups -OCH3 is 4. The zero-order valence-electron chi connectivity index (χ0n) is 57.7. The van der Waals surface area contributed by atoms with Crippen LogP contribution in [0.2, 0.25) is 0 Å². The van der Waals surface area contributed by atoms with E-state index in [2.05, 4.69) is 25.3 Å². The lowest BCUT2D eigenvalue weighted by molar-refractivity contribution is -0.265. The minimum absolute atomic E-state index is 0.00240. The maximum Gasteiger partial charge on any atom is 0.407 e. The van der Waals surface area contributed by atoms with E-state index in [1.165, 1.54) is 25.3 Å². The molecule has 3 saturated heterocycles. The normalized spacial score (nSPS) is 32.9. The van der Waals surface area contributed by atoms with Gasteiger partial charge in [0.1, 0.15) is 41.8 Å². The van der Waals surface area contributed by atoms with Crippen molar-refractivity contribution in [3.8, 4) is 0 Å². The van der Waals surface area contributed by atoms with Crippen molar-refractivity contribution in [3.63, 3.8) is 0 Å². The Labute approximate surface area is 559 Å². The number of nitrogens with zero attached hydrogens (tertiary/aromatic N) is 8. The number of piperazine rings is 1. The van der Waals surface area contributed by atoms with Gasteiger partial charge in [0, 0.05) is 142 Å². The number of carbonyl (C=O) groups excluding carboxylic acids is 6. The molecule has 4 aliphatic heterocycles. The molecule has 3 amide bonds. The van der Waals surface area contributed by atoms with E-state index in [0.717, 1.165) is 5.57 Å². The predicted octanol–water partition coefficient (Wildman–Crippen LogP) is 5.83. The molecule has 26 nitrogen and oxygen atoms in total. The van der Waals surface area contributed by atoms with Gasteiger partial charge in [-0.1, -0.05) is 64.2 Å². The van der Waals surface area contributed by atoms with Gasteiger partial charge in [0.25, 0.3) is 17.6 Å². The van der Waals surface area contributed by atoms with Gasteiger partial charge >= 0.3 is 12.1 Å². The van der Waals surface area contributed by atoms with Crippen LogP contribution in [0.15, 0.2) is 66.2 Å². The SMILES string of the molecule is CCN(C)C(=O)c1cnc(N2CCN(c3ncc(CNC(=O)O[C@@H]4CC[C@@H](C[C@@H](N)[C@@H]5C[C@@H](OC)[C@H](C)/C=C(\C)[C@@H](O)[C@@H](OC)C(=O)[C@H](C)C[C@H](C)/C=C/C=C/C=C(\C)[C@@H](OC)C[C@@H]6CC[C@@H](C)[C@@](O)(O6)C(=O)C(=O)N6CCCC[C@H]6C(=O)O5)C[C@H]4OC)cn3)CC2)nc1N. The molecule has 0 radical (unpaired) electrons. The third-order valence-electron chi connectivity index (χ3n) is 19.7. The van der Waals surface area contributed by atoms with Crippen molar-refractivity contribution in [2.24, 2.45) is 35.3 Å². The number of nitrogens with two attached hydrogens (primary N) is 2. The number of nitrogens with one attached hydrogen (secondary N) is 1. The molecule has 7 N–H and O–H groups in total. The largest absolute Gasteiger partial charge is 0.459 e. The van der Waals surface area contributed by atoms with E-state index in [9.17, 15) is 39.0 Å². The van der Waals surface area contributed by atoms with E-state index in [0.29, 0.717) is 120 Å². The summed E-state index contributed by atoms with van der Waals surface area (Å²) in [4.78, 5) is 109. The number of esters is 1. The van der Waals surface area contributed by atoms with Crippen LogP contribution in [0.3, 0.4) is 0 Å². The molecule has 0 spiro atoms. The van der Waals surface area contributed by atoms with E-state index in [-0.39, 0.29) is 60.8 Å². The minimum atomic E-state index is -2.47. The first-order valence-corrected chi connectivity index (χ1v) is 33.7. The summed E-state index contributed by atoms with van der Waals surface area (Å²) in [6.07, 6.45) is 14.0. The van der Waals surface area contributed by atoms with Gasteiger partial charge in [0.15, 0.2) is 5.78 Å². The number of aliphatic hydroxyl groups excluding tert-OH is 1. The number of anilines is 3. The van der Waals surface area contributed by atoms with Gasteiger partial charge in [-0.25, -0.2) is 24.5 Å². The number of aliphatic hydroxyl groups is 2. The third kappa shape index (κ3) is 19.7. The first kappa shape index (κ1) is 75.6. The van der Waals surface area contributed by atoms with Crippen LogP contribution in [0.5, 0.6) is 0 Å². The molecule has 2 aromatic rings. The molecule has 2 aromatic heterocycles. The van der Waals surface area contributed by atoms with Crippen LogP contribution in [0, 0.1) is 29.6 Å². The van der Waals surface area contributed by atoms with Crippen molar-refractivity contribution in [3.05, 3.63) is 77.3 Å². The van der Waals surface area contributed by atoms with Gasteiger partial charge in [-0.3, -0.25) is 19.2 Å². The number of carbonyl (C=O) groups is 6. The number of cyclic esters (lactones) is 1. The van der Waals surface area contributed by atoms with E-state index < -0.39 is 108 Å². The highest BCUT2D eigenvalue weighted by Crippen LogP contribution is 2.38. The number of ether oxygens (including phenoxy) is 7. The molecule has 1 saturated carbocycles. The molecule has 2 bridgehead atoms. The van der Waals surface area contributed by atoms with Crippen LogP contribution < -0.4 is 26.6 Å². The standard InChI is InChI=1S/C69H105N11O15/c1-13-77(8)63(84)50-40-74-67(76-62(50)71)79-29-27-78(28-30-79)66-72-37-48(38-73-66)39-75-68(87)94-53-25-23-47(34-57(53)91-11)33-51(70)56-36-55(90-10)43(4)32-45(6)59(82)60(92-12)58(81)44(5)31-41(2)19-15-14-16-20-42(3)54(89-9)35-49-24-22-46(7)69(88,95-49)61(83)64(85)80-26-18-17-21-52(80)65(86)93-56/h14-16,19-20,32,37-38,40-41,43-44,46-47,49,51-57,59-60,82,88H,13,17-18,21-31,33-36,39,70H2,1-12H3,(H,75,87)(H2,71,74,76)/b16-14+,19-15+,42-20+,45-32+/t41-,43-,44-,46-,47+,49+,51-,52+,53-,54+,55-,56+,57-,59-,60+,69-/m1/s1. The van der Waals surface area contributed by atoms with Gasteiger partial charge in [0.05, 0.1) is 24.4 Å². The molecule has 26 heteroatoms. The van der Waals surface area contributed by atoms with Gasteiger partial charge in [-0.05, 0) is 108 Å². The van der Waals surface area contributed by atoms with Crippen molar-refractivity contribution in [2.45, 2.75) is 199 Å². The highest BCUT2D eigenvalue weighted by molar-refractivity contribution is 6.39. The van der Waals surface area contributed by atoms with Crippen molar-refractivity contribution >= 4 is 53.2 Å². The molecule has 95 heavy (non-hydrogen) atoms. The number of fused-ring (bicyclic) bond motifs is 3. The molecule has 6 heterocycles. The zero-order valence-corrected chi connectivity index (χ0v) is 57.7. The van der Waals surface area contributed by atoms with Gasteiger partial charge in [0.2, 0.25) is 17.7 Å². The average molecular weight is 1330 g/mol. The fraction of sp³-hybridized carbons (Fsp3) is 0.681. The second-order valence-electron chi connectivity index (χ2n) is 26.6. The number of piperidine rings is 1. The van der Waals surface area contributed by atoms with Crippen molar-refractivity contribution in [1.82, 2.24) is 35.1 Å². The highest BCUT2D eigenvalue weighted by atomic mass is 16.6. The first-order valence-electron chi connectivity index (χ1n) is 33.7. The maximum absolute atomic E-state index is 14.8. The number of alkyl carbamates (subject to hydrolysis) is 1. The van der Waals surface area contributed by atoms with E-state index in [1.807, 2.05) is 80.9 Å². The van der Waals surface area contributed by atoms with Crippen molar-refractivity contribution in [1.29, 1.82) is 0 Å². The topological polar surface area (TPSA) is 336 Å². The van der Waals surface area contributed by atoms with Crippen LogP contribution in [0.1, 0.15) is 141 Å². The number of ketones is 2. The Morgan fingerprint density at radius 1 is 0.800 bits per heavy atom. The van der Waals surface area contributed by atoms with Crippen LogP contribution >= 0.6 is 0 Å². The molecule has 4 fully saturated rings. The monoisotopic (exact) mass is 1330 g/mol. The number of Topliss-reactive ketones (excluding diaryl/α,β-unsaturated/α-hetero) is 2. The number of aromatic nitrogens is 4. The highest BCUT2D eigenvalue weighted by Gasteiger charge is 2.53. The minimum Gasteiger partial charge on any atom is -0.459 e. The van der Waals surface area contributed by atoms with Gasteiger partial charge in [-0.2, -0.15) is 4.98 Å². The summed E-state index contributed by atoms with van der Waals surface area (Å²) in [6.45, 7) is 15.9. The molecule has 5 aliphatic rings. The molecule has 526 valence electrons. The molecular formula is C69H105N11O15. The maximum atomic E-state index is 14.8. The zero-order chi connectivity index (χ0) is 69.3. The summed E-state index contributed by atoms with van der Waals surface area (Å²) in [6, 6.07) is -2.00. The van der Waals surface area contributed by atoms with Gasteiger partial charge < -0.3 is 79.8 Å². The Morgan fingerprint density at radius 2 is 1.48 bits per heavy atom. The fourth-order valence-corrected chi connectivity index (χ4v) is 13.6. The number of hydrogen-bond acceptors (Lipinski definition) is 23. The van der Waals surface area contributed by atoms with E-state index >= 15 is 0 Å². The summed E-state index contributed by atoms with van der Waals surface area (Å²) in [5, 5.41) is 26.7. The van der Waals surface area contributed by atoms with E-state index in [4.69, 9.17) is 44.6 Å². The molecule has 0 aromatic carbocycles. The van der Waals surface area contributed by atoms with Crippen LogP contribution in [0.25, 0.3) is 0 Å². The molecule has 7 rings (SSSR count). The second-order valence-corrected chi connectivity index (χ2v) is 26.6. The molecule has 16 atom stereocenters. The number of rotatable bonds is 14. The summed E-state index contributed by atoms with van der Waals surface area (Å²) in [7, 11) is 7.75. The van der Waals surface area contributed by atoms with Crippen LogP contribution in [-0.2, 0) is 58.9 Å². The summed E-state index contributed by atoms with van der Waals surface area (Å²) in [5.41, 5.74) is 15.6.